The summed E-state index contributed by atoms with van der Waals surface area (Å²) < 4.78 is 24.2. The summed E-state index contributed by atoms with van der Waals surface area (Å²) in [6.07, 6.45) is 0.297. The number of carbonyl (C=O) groups excluding carboxylic acids is 2. The van der Waals surface area contributed by atoms with E-state index in [1.54, 1.807) is 19.9 Å². The first-order valence-corrected chi connectivity index (χ1v) is 8.65. The second kappa shape index (κ2) is 8.69. The lowest BCUT2D eigenvalue weighted by molar-refractivity contribution is -0.141. The van der Waals surface area contributed by atoms with E-state index >= 15 is 0 Å². The Balaban J connectivity index is 2.78. The molecule has 1 atom stereocenters. The Morgan fingerprint density at radius 3 is 2.46 bits per heavy atom. The Morgan fingerprint density at radius 1 is 1.25 bits per heavy atom. The third-order valence-electron chi connectivity index (χ3n) is 4.52. The maximum Gasteiger partial charge on any atom is 0.336 e. The number of benzene rings is 1. The van der Waals surface area contributed by atoms with Crippen molar-refractivity contribution in [2.24, 2.45) is 0 Å². The van der Waals surface area contributed by atoms with Crippen LogP contribution in [0.5, 0.6) is 0 Å². The number of hydrogen-bond donors (Lipinski definition) is 2. The fourth-order valence-electron chi connectivity index (χ4n) is 3.35. The number of aliphatic carboxylic acids is 1. The summed E-state index contributed by atoms with van der Waals surface area (Å²) in [4.78, 5) is 35.8. The van der Waals surface area contributed by atoms with Crippen LogP contribution >= 0.6 is 0 Å². The fraction of sp³-hybridized carbons (Fsp3) is 0.350. The number of ether oxygens (including phenoxy) is 2. The first-order chi connectivity index (χ1) is 13.2. The molecule has 8 heteroatoms. The molecule has 2 rings (SSSR count). The van der Waals surface area contributed by atoms with Gasteiger partial charge in [-0.05, 0) is 30.5 Å². The number of hydrogen-bond acceptors (Lipinski definition) is 6. The van der Waals surface area contributed by atoms with Gasteiger partial charge in [-0.25, -0.2) is 14.0 Å². The van der Waals surface area contributed by atoms with Gasteiger partial charge in [0.2, 0.25) is 0 Å². The predicted octanol–water partition coefficient (Wildman–Crippen LogP) is 2.42. The molecule has 0 fully saturated rings. The van der Waals surface area contributed by atoms with Crippen LogP contribution in [0.15, 0.2) is 40.7 Å². The molecule has 0 amide bonds. The Kier molecular flexibility index (Phi) is 6.56. The molecule has 1 aromatic carbocycles. The molecule has 7 nitrogen and oxygen atoms in total. The summed E-state index contributed by atoms with van der Waals surface area (Å²) in [5, 5.41) is 12.7. The van der Waals surface area contributed by atoms with Gasteiger partial charge in [-0.3, -0.25) is 4.79 Å². The van der Waals surface area contributed by atoms with E-state index in [4.69, 9.17) is 9.47 Å². The number of carboxylic acid groups (broad SMARTS) is 1. The minimum Gasteiger partial charge on any atom is -0.478 e. The molecule has 28 heavy (non-hydrogen) atoms. The molecule has 1 aromatic rings. The third kappa shape index (κ3) is 4.05. The molecule has 150 valence electrons. The minimum absolute atomic E-state index is 0.0618. The van der Waals surface area contributed by atoms with Crippen LogP contribution in [0.3, 0.4) is 0 Å². The highest BCUT2D eigenvalue weighted by atomic mass is 19.1. The zero-order valence-corrected chi connectivity index (χ0v) is 16.1. The van der Waals surface area contributed by atoms with Gasteiger partial charge in [0.1, 0.15) is 12.4 Å². The van der Waals surface area contributed by atoms with Gasteiger partial charge < -0.3 is 19.9 Å². The van der Waals surface area contributed by atoms with Gasteiger partial charge in [0.15, 0.2) is 0 Å². The van der Waals surface area contributed by atoms with Crippen LogP contribution < -0.4 is 5.32 Å². The van der Waals surface area contributed by atoms with Crippen molar-refractivity contribution in [3.63, 3.8) is 0 Å². The lowest BCUT2D eigenvalue weighted by Gasteiger charge is -2.31. The lowest BCUT2D eigenvalue weighted by Crippen LogP contribution is -2.34. The van der Waals surface area contributed by atoms with Crippen molar-refractivity contribution >= 4 is 17.9 Å². The summed E-state index contributed by atoms with van der Waals surface area (Å²) in [5.41, 5.74) is 0.967. The van der Waals surface area contributed by atoms with Crippen molar-refractivity contribution in [3.05, 3.63) is 57.7 Å². The van der Waals surface area contributed by atoms with E-state index in [0.29, 0.717) is 23.2 Å². The highest BCUT2D eigenvalue weighted by Gasteiger charge is 2.39. The first-order valence-electron chi connectivity index (χ1n) is 8.65. The molecular formula is C20H22FNO6. The van der Waals surface area contributed by atoms with E-state index in [9.17, 15) is 23.9 Å². The fourth-order valence-corrected chi connectivity index (χ4v) is 3.35. The molecule has 0 aliphatic carbocycles. The number of allylic oxidation sites excluding steroid dienone is 1. The number of nitrogens with one attached hydrogen (secondary N) is 1. The van der Waals surface area contributed by atoms with Crippen LogP contribution in [0.2, 0.25) is 0 Å². The van der Waals surface area contributed by atoms with Crippen LogP contribution in [-0.4, -0.2) is 36.7 Å². The average Bonchev–Trinajstić information content (AvgIpc) is 2.64. The van der Waals surface area contributed by atoms with Crippen molar-refractivity contribution in [1.82, 2.24) is 5.32 Å². The van der Waals surface area contributed by atoms with E-state index in [1.165, 1.54) is 26.2 Å². The first kappa shape index (κ1) is 21.1. The molecule has 0 spiro atoms. The van der Waals surface area contributed by atoms with Crippen molar-refractivity contribution < 1.29 is 33.4 Å². The molecule has 0 saturated heterocycles. The topological polar surface area (TPSA) is 102 Å². The van der Waals surface area contributed by atoms with Crippen LogP contribution in [0.4, 0.5) is 4.39 Å². The number of halogens is 1. The summed E-state index contributed by atoms with van der Waals surface area (Å²) in [5.74, 6) is -4.21. The molecule has 0 saturated carbocycles. The smallest absolute Gasteiger partial charge is 0.336 e. The van der Waals surface area contributed by atoms with Gasteiger partial charge in [-0.2, -0.15) is 0 Å². The summed E-state index contributed by atoms with van der Waals surface area (Å²) in [6, 6.07) is 4.32. The van der Waals surface area contributed by atoms with Crippen LogP contribution in [0.25, 0.3) is 0 Å². The van der Waals surface area contributed by atoms with Crippen molar-refractivity contribution in [2.75, 3.05) is 13.7 Å². The Bertz CT molecular complexity index is 887. The van der Waals surface area contributed by atoms with Crippen molar-refractivity contribution in [3.8, 4) is 0 Å². The number of carboxylic acids is 1. The third-order valence-corrected chi connectivity index (χ3v) is 4.52. The van der Waals surface area contributed by atoms with Crippen molar-refractivity contribution in [2.45, 2.75) is 33.1 Å². The Morgan fingerprint density at radius 2 is 1.93 bits per heavy atom. The zero-order chi connectivity index (χ0) is 21.0. The molecule has 1 heterocycles. The largest absolute Gasteiger partial charge is 0.478 e. The molecule has 0 aromatic heterocycles. The normalized spacial score (nSPS) is 16.5. The quantitative estimate of drug-likeness (QED) is 0.718. The molecule has 1 aliphatic rings. The second-order valence-corrected chi connectivity index (χ2v) is 6.23. The second-order valence-electron chi connectivity index (χ2n) is 6.23. The number of methoxy groups -OCH3 is 1. The number of esters is 2. The van der Waals surface area contributed by atoms with Gasteiger partial charge >= 0.3 is 17.9 Å². The van der Waals surface area contributed by atoms with E-state index in [0.717, 1.165) is 0 Å². The van der Waals surface area contributed by atoms with Crippen molar-refractivity contribution in [1.29, 1.82) is 0 Å². The van der Waals surface area contributed by atoms with Crippen LogP contribution in [0.1, 0.15) is 37.8 Å². The maximum atomic E-state index is 14.4. The molecule has 0 radical (unpaired) electrons. The Labute approximate surface area is 161 Å². The molecule has 2 N–H and O–H groups in total. The molecule has 1 unspecified atom stereocenters. The van der Waals surface area contributed by atoms with Gasteiger partial charge in [-0.15, -0.1) is 0 Å². The highest BCUT2D eigenvalue weighted by Crippen LogP contribution is 2.40. The van der Waals surface area contributed by atoms with E-state index < -0.39 is 29.6 Å². The van der Waals surface area contributed by atoms with E-state index in [-0.39, 0.29) is 23.5 Å². The van der Waals surface area contributed by atoms with E-state index in [1.807, 2.05) is 0 Å². The van der Waals surface area contributed by atoms with Gasteiger partial charge in [-0.1, -0.05) is 19.1 Å². The van der Waals surface area contributed by atoms with Gasteiger partial charge in [0, 0.05) is 12.6 Å². The van der Waals surface area contributed by atoms with Gasteiger partial charge in [0.05, 0.1) is 29.9 Å². The molecular weight excluding hydrogens is 369 g/mol. The minimum atomic E-state index is -1.32. The average molecular weight is 391 g/mol. The van der Waals surface area contributed by atoms with E-state index in [2.05, 4.69) is 5.32 Å². The highest BCUT2D eigenvalue weighted by molar-refractivity contribution is 5.99. The predicted molar refractivity (Wildman–Crippen MR) is 97.7 cm³/mol. The standard InChI is InChI=1S/C20H22FNO6/c1-5-12-13(7-6-8-14(12)21)17-16(20(26)27-4)10(2)22-15(9-28-11(3)23)18(17)19(24)25/h6-8,17,22H,5,9H2,1-4H3,(H,24,25). The maximum absolute atomic E-state index is 14.4. The number of dihydropyridines is 1. The Hall–Kier alpha value is -3.16. The number of rotatable bonds is 6. The lowest BCUT2D eigenvalue weighted by atomic mass is 9.78. The summed E-state index contributed by atoms with van der Waals surface area (Å²) in [6.45, 7) is 4.19. The van der Waals surface area contributed by atoms with Crippen LogP contribution in [0, 0.1) is 5.82 Å². The summed E-state index contributed by atoms with van der Waals surface area (Å²) in [7, 11) is 1.19. The zero-order valence-electron chi connectivity index (χ0n) is 16.1. The van der Waals surface area contributed by atoms with Crippen LogP contribution in [-0.2, 0) is 30.3 Å². The SMILES string of the molecule is CCc1c(F)cccc1C1C(C(=O)OC)=C(C)NC(COC(C)=O)=C1C(=O)O. The monoisotopic (exact) mass is 391 g/mol. The summed E-state index contributed by atoms with van der Waals surface area (Å²) >= 11 is 0. The van der Waals surface area contributed by atoms with Gasteiger partial charge in [0.25, 0.3) is 0 Å². The number of carbonyl (C=O) groups is 3. The molecule has 0 bridgehead atoms. The molecule has 1 aliphatic heterocycles.